The van der Waals surface area contributed by atoms with Gasteiger partial charge in [0, 0.05) is 44.8 Å². The Morgan fingerprint density at radius 3 is 2.79 bits per heavy atom. The summed E-state index contributed by atoms with van der Waals surface area (Å²) >= 11 is 1.25. The fourth-order valence-corrected chi connectivity index (χ4v) is 2.93. The summed E-state index contributed by atoms with van der Waals surface area (Å²) in [6.45, 7) is 6.31. The van der Waals surface area contributed by atoms with Crippen molar-refractivity contribution in [3.05, 3.63) is 59.0 Å². The van der Waals surface area contributed by atoms with Crippen LogP contribution in [0.5, 0.6) is 0 Å². The van der Waals surface area contributed by atoms with Crippen molar-refractivity contribution in [3.63, 3.8) is 0 Å². The molecule has 2 aromatic rings. The number of amides is 1. The number of likely N-dealkylation sites (N-methyl/N-ethyl adjacent to an activating group) is 1. The fraction of sp³-hybridized carbons (Fsp3) is 0.294. The third kappa shape index (κ3) is 4.32. The number of aromatic nitrogens is 3. The predicted molar refractivity (Wildman–Crippen MR) is 97.8 cm³/mol. The van der Waals surface area contributed by atoms with E-state index in [1.54, 1.807) is 36.1 Å². The molecule has 2 rings (SSSR count). The van der Waals surface area contributed by atoms with Crippen LogP contribution >= 0.6 is 11.8 Å². The predicted octanol–water partition coefficient (Wildman–Crippen LogP) is 2.41. The van der Waals surface area contributed by atoms with E-state index >= 15 is 0 Å². The third-order valence-corrected chi connectivity index (χ3v) is 4.51. The Hall–Kier alpha value is -2.41. The second-order valence-electron chi connectivity index (χ2n) is 5.36. The number of hydrogen-bond acceptors (Lipinski definition) is 5. The van der Waals surface area contributed by atoms with Crippen LogP contribution in [0, 0.1) is 6.92 Å². The van der Waals surface area contributed by atoms with E-state index in [9.17, 15) is 4.79 Å². The average molecular weight is 343 g/mol. The Morgan fingerprint density at radius 1 is 1.50 bits per heavy atom. The van der Waals surface area contributed by atoms with Crippen molar-refractivity contribution in [2.45, 2.75) is 13.5 Å². The molecule has 0 aliphatic carbocycles. The van der Waals surface area contributed by atoms with Crippen LogP contribution in [0.4, 0.5) is 0 Å². The summed E-state index contributed by atoms with van der Waals surface area (Å²) in [5.41, 5.74) is 2.76. The van der Waals surface area contributed by atoms with Crippen LogP contribution < -0.4 is 0 Å². The highest BCUT2D eigenvalue weighted by atomic mass is 32.2. The van der Waals surface area contributed by atoms with Crippen molar-refractivity contribution in [3.8, 4) is 0 Å². The lowest BCUT2D eigenvalue weighted by molar-refractivity contribution is -0.125. The van der Waals surface area contributed by atoms with Gasteiger partial charge in [0.1, 0.15) is 5.04 Å². The zero-order valence-corrected chi connectivity index (χ0v) is 15.2. The molecule has 0 saturated heterocycles. The summed E-state index contributed by atoms with van der Waals surface area (Å²) in [6, 6.07) is 5.70. The molecule has 2 heterocycles. The standard InChI is InChI=1S/C17H21N5OS/c1-12-9-15(20-22(12)5)11-21(4)17(23)13(2)24-16(18-3)14-7-6-8-19-10-14/h6-10H,2,11H2,1,3-5H3/b18-16-. The van der Waals surface area contributed by atoms with Crippen LogP contribution in [-0.2, 0) is 18.4 Å². The minimum atomic E-state index is -0.145. The van der Waals surface area contributed by atoms with Crippen LogP contribution in [0.3, 0.4) is 0 Å². The summed E-state index contributed by atoms with van der Waals surface area (Å²) in [7, 11) is 5.31. The number of hydrogen-bond donors (Lipinski definition) is 0. The molecule has 0 bridgehead atoms. The van der Waals surface area contributed by atoms with Gasteiger partial charge in [0.05, 0.1) is 17.1 Å². The van der Waals surface area contributed by atoms with Gasteiger partial charge in [0.25, 0.3) is 5.91 Å². The molecule has 0 unspecified atom stereocenters. The largest absolute Gasteiger partial charge is 0.335 e. The van der Waals surface area contributed by atoms with Crippen LogP contribution in [0.25, 0.3) is 0 Å². The highest BCUT2D eigenvalue weighted by Crippen LogP contribution is 2.22. The number of pyridine rings is 1. The molecule has 0 aliphatic heterocycles. The maximum atomic E-state index is 12.5. The molecule has 7 heteroatoms. The van der Waals surface area contributed by atoms with Crippen molar-refractivity contribution in [1.82, 2.24) is 19.7 Å². The topological polar surface area (TPSA) is 63.4 Å². The molecule has 0 N–H and O–H groups in total. The Balaban J connectivity index is 2.01. The van der Waals surface area contributed by atoms with Gasteiger partial charge < -0.3 is 4.90 Å². The van der Waals surface area contributed by atoms with Gasteiger partial charge in [-0.25, -0.2) is 0 Å². The molecule has 0 fully saturated rings. The monoisotopic (exact) mass is 343 g/mol. The summed E-state index contributed by atoms with van der Waals surface area (Å²) < 4.78 is 1.79. The number of thioether (sulfide) groups is 1. The van der Waals surface area contributed by atoms with Gasteiger partial charge in [-0.3, -0.25) is 19.5 Å². The number of carbonyl (C=O) groups excluding carboxylic acids is 1. The van der Waals surface area contributed by atoms with Gasteiger partial charge in [-0.15, -0.1) is 0 Å². The molecular weight excluding hydrogens is 322 g/mol. The van der Waals surface area contributed by atoms with Gasteiger partial charge in [-0.1, -0.05) is 18.3 Å². The van der Waals surface area contributed by atoms with E-state index in [4.69, 9.17) is 0 Å². The van der Waals surface area contributed by atoms with Gasteiger partial charge in [0.15, 0.2) is 0 Å². The zero-order valence-electron chi connectivity index (χ0n) is 14.4. The maximum absolute atomic E-state index is 12.5. The van der Waals surface area contributed by atoms with E-state index < -0.39 is 0 Å². The zero-order chi connectivity index (χ0) is 17.7. The second kappa shape index (κ2) is 7.92. The molecule has 2 aromatic heterocycles. The van der Waals surface area contributed by atoms with Crippen LogP contribution in [0.1, 0.15) is 17.0 Å². The molecule has 24 heavy (non-hydrogen) atoms. The molecule has 0 atom stereocenters. The van der Waals surface area contributed by atoms with Crippen LogP contribution in [0.15, 0.2) is 47.1 Å². The Kier molecular flexibility index (Phi) is 5.92. The second-order valence-corrected chi connectivity index (χ2v) is 6.44. The van der Waals surface area contributed by atoms with E-state index in [-0.39, 0.29) is 5.91 Å². The summed E-state index contributed by atoms with van der Waals surface area (Å²) in [5, 5.41) is 5.08. The van der Waals surface area contributed by atoms with Crippen LogP contribution in [-0.4, -0.2) is 44.7 Å². The molecule has 0 aliphatic rings. The van der Waals surface area contributed by atoms with E-state index in [0.29, 0.717) is 16.5 Å². The Morgan fingerprint density at radius 2 is 2.25 bits per heavy atom. The number of nitrogens with zero attached hydrogens (tertiary/aromatic N) is 5. The quantitative estimate of drug-likeness (QED) is 0.475. The number of aryl methyl sites for hydroxylation is 2. The van der Waals surface area contributed by atoms with Crippen molar-refractivity contribution in [1.29, 1.82) is 0 Å². The lowest BCUT2D eigenvalue weighted by Crippen LogP contribution is -2.27. The van der Waals surface area contributed by atoms with E-state index in [1.165, 1.54) is 11.8 Å². The molecule has 0 spiro atoms. The van der Waals surface area contributed by atoms with Gasteiger partial charge in [-0.05, 0) is 25.1 Å². The minimum Gasteiger partial charge on any atom is -0.335 e. The van der Waals surface area contributed by atoms with Crippen molar-refractivity contribution < 1.29 is 4.79 Å². The van der Waals surface area contributed by atoms with Crippen molar-refractivity contribution >= 4 is 22.7 Å². The van der Waals surface area contributed by atoms with Crippen molar-refractivity contribution in [2.24, 2.45) is 12.0 Å². The fourth-order valence-electron chi connectivity index (χ4n) is 2.12. The molecule has 6 nitrogen and oxygen atoms in total. The van der Waals surface area contributed by atoms with Crippen LogP contribution in [0.2, 0.25) is 0 Å². The third-order valence-electron chi connectivity index (χ3n) is 3.48. The van der Waals surface area contributed by atoms with E-state index in [2.05, 4.69) is 21.7 Å². The first-order valence-corrected chi connectivity index (χ1v) is 8.23. The first-order chi connectivity index (χ1) is 11.4. The summed E-state index contributed by atoms with van der Waals surface area (Å²) in [6.07, 6.45) is 3.41. The normalized spacial score (nSPS) is 11.4. The van der Waals surface area contributed by atoms with Gasteiger partial charge in [0.2, 0.25) is 0 Å². The average Bonchev–Trinajstić information content (AvgIpc) is 2.89. The lowest BCUT2D eigenvalue weighted by atomic mass is 10.3. The first-order valence-electron chi connectivity index (χ1n) is 7.41. The molecular formula is C17H21N5OS. The highest BCUT2D eigenvalue weighted by Gasteiger charge is 2.18. The number of carbonyl (C=O) groups is 1. The van der Waals surface area contributed by atoms with Gasteiger partial charge in [-0.2, -0.15) is 5.10 Å². The lowest BCUT2D eigenvalue weighted by Gasteiger charge is -2.17. The van der Waals surface area contributed by atoms with Gasteiger partial charge >= 0.3 is 0 Å². The van der Waals surface area contributed by atoms with E-state index in [1.807, 2.05) is 32.2 Å². The van der Waals surface area contributed by atoms with Crippen molar-refractivity contribution in [2.75, 3.05) is 14.1 Å². The maximum Gasteiger partial charge on any atom is 0.260 e. The Bertz CT molecular complexity index is 747. The number of aliphatic imine (C=N–C) groups is 1. The van der Waals surface area contributed by atoms with E-state index in [0.717, 1.165) is 17.0 Å². The highest BCUT2D eigenvalue weighted by molar-refractivity contribution is 8.18. The minimum absolute atomic E-state index is 0.145. The smallest absolute Gasteiger partial charge is 0.260 e. The Labute approximate surface area is 146 Å². The summed E-state index contributed by atoms with van der Waals surface area (Å²) in [4.78, 5) is 22.8. The SMILES string of the molecule is C=C(S/C(=N\C)c1cccnc1)C(=O)N(C)Cc1cc(C)n(C)n1. The number of rotatable bonds is 5. The molecule has 1 amide bonds. The summed E-state index contributed by atoms with van der Waals surface area (Å²) in [5.74, 6) is -0.145. The molecule has 0 aromatic carbocycles. The molecule has 0 radical (unpaired) electrons. The molecule has 126 valence electrons. The molecule has 0 saturated carbocycles. The first kappa shape index (κ1) is 17.9.